The molecule has 1 saturated carbocycles. The SMILES string of the molecule is Cc1c(NC(=O)NCCN2C(=O)[C@@H]3[C@H](C2=O)[C@H]2C=C[C@H]3C2)c(=O)n(-c2ccccc2)n1C. The van der Waals surface area contributed by atoms with Crippen LogP contribution in [0.3, 0.4) is 0 Å². The molecule has 9 nitrogen and oxygen atoms in total. The first-order valence-corrected chi connectivity index (χ1v) is 10.8. The molecule has 5 rings (SSSR count). The molecule has 4 atom stereocenters. The predicted molar refractivity (Wildman–Crippen MR) is 117 cm³/mol. The highest BCUT2D eigenvalue weighted by Crippen LogP contribution is 2.52. The lowest BCUT2D eigenvalue weighted by molar-refractivity contribution is -0.140. The average molecular weight is 435 g/mol. The van der Waals surface area contributed by atoms with Gasteiger partial charge >= 0.3 is 6.03 Å². The van der Waals surface area contributed by atoms with Gasteiger partial charge in [-0.1, -0.05) is 30.4 Å². The number of hydrogen-bond donors (Lipinski definition) is 2. The van der Waals surface area contributed by atoms with Gasteiger partial charge in [0.25, 0.3) is 5.56 Å². The van der Waals surface area contributed by atoms with Crippen LogP contribution < -0.4 is 16.2 Å². The van der Waals surface area contributed by atoms with E-state index in [2.05, 4.69) is 22.8 Å². The minimum atomic E-state index is -0.558. The summed E-state index contributed by atoms with van der Waals surface area (Å²) in [6, 6.07) is 8.59. The number of para-hydroxylation sites is 1. The van der Waals surface area contributed by atoms with Crippen LogP contribution in [-0.4, -0.2) is 45.2 Å². The third kappa shape index (κ3) is 2.99. The number of carbonyl (C=O) groups excluding carboxylic acids is 3. The Morgan fingerprint density at radius 1 is 1.03 bits per heavy atom. The molecule has 1 aliphatic heterocycles. The van der Waals surface area contributed by atoms with E-state index in [1.54, 1.807) is 18.7 Å². The number of benzene rings is 1. The highest BCUT2D eigenvalue weighted by atomic mass is 16.2. The van der Waals surface area contributed by atoms with E-state index in [0.717, 1.165) is 6.42 Å². The van der Waals surface area contributed by atoms with E-state index in [0.29, 0.717) is 11.4 Å². The fourth-order valence-electron chi connectivity index (χ4n) is 5.34. The molecule has 2 N–H and O–H groups in total. The molecule has 2 aromatic rings. The molecule has 2 heterocycles. The van der Waals surface area contributed by atoms with E-state index in [-0.39, 0.29) is 59.8 Å². The van der Waals surface area contributed by atoms with Crippen molar-refractivity contribution in [1.82, 2.24) is 19.6 Å². The molecule has 2 aliphatic carbocycles. The molecule has 166 valence electrons. The second-order valence-corrected chi connectivity index (χ2v) is 8.65. The monoisotopic (exact) mass is 435 g/mol. The maximum absolute atomic E-state index is 12.9. The lowest BCUT2D eigenvalue weighted by Gasteiger charge is -2.17. The van der Waals surface area contributed by atoms with E-state index < -0.39 is 6.03 Å². The highest BCUT2D eigenvalue weighted by Gasteiger charge is 2.58. The van der Waals surface area contributed by atoms with Crippen LogP contribution in [0, 0.1) is 30.6 Å². The van der Waals surface area contributed by atoms with E-state index in [1.165, 1.54) is 9.58 Å². The molecule has 0 radical (unpaired) electrons. The van der Waals surface area contributed by atoms with Gasteiger partial charge in [-0.3, -0.25) is 24.0 Å². The van der Waals surface area contributed by atoms with Gasteiger partial charge in [-0.15, -0.1) is 0 Å². The first-order chi connectivity index (χ1) is 15.4. The second-order valence-electron chi connectivity index (χ2n) is 8.65. The minimum absolute atomic E-state index is 0.115. The van der Waals surface area contributed by atoms with Gasteiger partial charge in [-0.05, 0) is 37.3 Å². The van der Waals surface area contributed by atoms with Crippen molar-refractivity contribution in [1.29, 1.82) is 0 Å². The first kappa shape index (κ1) is 20.3. The van der Waals surface area contributed by atoms with Gasteiger partial charge in [0.2, 0.25) is 11.8 Å². The quantitative estimate of drug-likeness (QED) is 0.547. The molecule has 3 aliphatic rings. The van der Waals surface area contributed by atoms with Gasteiger partial charge < -0.3 is 10.6 Å². The Bertz CT molecular complexity index is 1160. The zero-order chi connectivity index (χ0) is 22.6. The molecule has 2 bridgehead atoms. The molecule has 4 amide bonds. The molecule has 0 spiro atoms. The van der Waals surface area contributed by atoms with Crippen LogP contribution >= 0.6 is 0 Å². The molecule has 32 heavy (non-hydrogen) atoms. The number of likely N-dealkylation sites (tertiary alicyclic amines) is 1. The number of aromatic nitrogens is 2. The van der Waals surface area contributed by atoms with Crippen LogP contribution in [0.2, 0.25) is 0 Å². The van der Waals surface area contributed by atoms with Crippen LogP contribution in [0.25, 0.3) is 5.69 Å². The number of allylic oxidation sites excluding steroid dienone is 2. The van der Waals surface area contributed by atoms with Crippen molar-refractivity contribution in [3.63, 3.8) is 0 Å². The van der Waals surface area contributed by atoms with Gasteiger partial charge in [0.15, 0.2) is 0 Å². The number of imide groups is 1. The number of nitrogens with zero attached hydrogens (tertiary/aromatic N) is 3. The number of amides is 4. The summed E-state index contributed by atoms with van der Waals surface area (Å²) < 4.78 is 3.16. The van der Waals surface area contributed by atoms with Crippen molar-refractivity contribution in [2.24, 2.45) is 30.7 Å². The number of carbonyl (C=O) groups is 3. The normalized spacial score (nSPS) is 25.5. The van der Waals surface area contributed by atoms with Gasteiger partial charge in [0.1, 0.15) is 5.69 Å². The van der Waals surface area contributed by atoms with Crippen LogP contribution in [0.4, 0.5) is 10.5 Å². The lowest BCUT2D eigenvalue weighted by Crippen LogP contribution is -2.41. The molecule has 1 aromatic heterocycles. The predicted octanol–water partition coefficient (Wildman–Crippen LogP) is 1.41. The number of nitrogens with one attached hydrogen (secondary N) is 2. The summed E-state index contributed by atoms with van der Waals surface area (Å²) in [4.78, 5) is 52.0. The summed E-state index contributed by atoms with van der Waals surface area (Å²) in [6.45, 7) is 1.99. The van der Waals surface area contributed by atoms with Crippen molar-refractivity contribution in [3.05, 3.63) is 58.5 Å². The Kier molecular flexibility index (Phi) is 4.76. The summed E-state index contributed by atoms with van der Waals surface area (Å²) in [5.41, 5.74) is 1.14. The van der Waals surface area contributed by atoms with Crippen LogP contribution in [0.15, 0.2) is 47.3 Å². The Morgan fingerprint density at radius 3 is 2.28 bits per heavy atom. The Labute approximate surface area is 184 Å². The standard InChI is InChI=1S/C23H25N5O4/c1-13-19(22(31)28(26(13)2)16-6-4-3-5-7-16)25-23(32)24-10-11-27-20(29)17-14-8-9-15(12-14)18(17)21(27)30/h3-9,14-15,17-18H,10-12H2,1-2H3,(H2,24,25,32)/t14-,15-,17-,18+/m0/s1. The fourth-order valence-corrected chi connectivity index (χ4v) is 5.34. The van der Waals surface area contributed by atoms with Crippen molar-refractivity contribution < 1.29 is 14.4 Å². The van der Waals surface area contributed by atoms with Crippen LogP contribution in [0.1, 0.15) is 12.1 Å². The first-order valence-electron chi connectivity index (χ1n) is 10.8. The fraction of sp³-hybridized carbons (Fsp3) is 0.391. The molecule has 2 fully saturated rings. The third-order valence-corrected chi connectivity index (χ3v) is 6.98. The van der Waals surface area contributed by atoms with E-state index >= 15 is 0 Å². The molecule has 1 saturated heterocycles. The summed E-state index contributed by atoms with van der Waals surface area (Å²) in [7, 11) is 1.75. The van der Waals surface area contributed by atoms with E-state index in [9.17, 15) is 19.2 Å². The second kappa shape index (κ2) is 7.51. The molecule has 0 unspecified atom stereocenters. The minimum Gasteiger partial charge on any atom is -0.336 e. The summed E-state index contributed by atoms with van der Waals surface area (Å²) in [5.74, 6) is -0.428. The Balaban J connectivity index is 1.22. The topological polar surface area (TPSA) is 105 Å². The zero-order valence-corrected chi connectivity index (χ0v) is 17.9. The number of hydrogen-bond acceptors (Lipinski definition) is 4. The van der Waals surface area contributed by atoms with Gasteiger partial charge in [0.05, 0.1) is 23.2 Å². The molecular formula is C23H25N5O4. The van der Waals surface area contributed by atoms with Crippen molar-refractivity contribution in [3.8, 4) is 5.69 Å². The number of rotatable bonds is 5. The van der Waals surface area contributed by atoms with Crippen LogP contribution in [0.5, 0.6) is 0 Å². The van der Waals surface area contributed by atoms with Gasteiger partial charge in [-0.2, -0.15) is 0 Å². The summed E-state index contributed by atoms with van der Waals surface area (Å²) in [6.07, 6.45) is 4.99. The maximum atomic E-state index is 12.9. The largest absolute Gasteiger partial charge is 0.336 e. The van der Waals surface area contributed by atoms with Crippen molar-refractivity contribution >= 4 is 23.5 Å². The zero-order valence-electron chi connectivity index (χ0n) is 17.9. The van der Waals surface area contributed by atoms with Gasteiger partial charge in [0, 0.05) is 20.1 Å². The van der Waals surface area contributed by atoms with Crippen molar-refractivity contribution in [2.75, 3.05) is 18.4 Å². The van der Waals surface area contributed by atoms with Crippen molar-refractivity contribution in [2.45, 2.75) is 13.3 Å². The Morgan fingerprint density at radius 2 is 1.66 bits per heavy atom. The molecular weight excluding hydrogens is 410 g/mol. The van der Waals surface area contributed by atoms with Crippen LogP contribution in [-0.2, 0) is 16.6 Å². The smallest absolute Gasteiger partial charge is 0.319 e. The molecule has 1 aromatic carbocycles. The lowest BCUT2D eigenvalue weighted by atomic mass is 9.85. The number of anilines is 1. The van der Waals surface area contributed by atoms with Gasteiger partial charge in [-0.25, -0.2) is 9.48 Å². The number of urea groups is 1. The number of fused-ring (bicyclic) bond motifs is 5. The third-order valence-electron chi connectivity index (χ3n) is 6.98. The molecule has 9 heteroatoms. The average Bonchev–Trinajstić information content (AvgIpc) is 3.51. The highest BCUT2D eigenvalue weighted by molar-refractivity contribution is 6.06. The summed E-state index contributed by atoms with van der Waals surface area (Å²) in [5, 5.41) is 5.28. The summed E-state index contributed by atoms with van der Waals surface area (Å²) >= 11 is 0. The van der Waals surface area contributed by atoms with E-state index in [1.807, 2.05) is 30.3 Å². The van der Waals surface area contributed by atoms with E-state index in [4.69, 9.17) is 0 Å². The maximum Gasteiger partial charge on any atom is 0.319 e. The Hall–Kier alpha value is -3.62.